The number of nitrogens with zero attached hydrogens (tertiary/aromatic N) is 2. The maximum absolute atomic E-state index is 4.69. The van der Waals surface area contributed by atoms with Crippen LogP contribution in [0.2, 0.25) is 0 Å². The largest absolute Gasteiger partial charge is 0.373 e. The average molecular weight is 261 g/mol. The van der Waals surface area contributed by atoms with Crippen LogP contribution in [-0.4, -0.2) is 17.0 Å². The molecule has 2 rings (SSSR count). The lowest BCUT2D eigenvalue weighted by Crippen LogP contribution is -2.17. The summed E-state index contributed by atoms with van der Waals surface area (Å²) in [6.45, 7) is 8.50. The minimum Gasteiger partial charge on any atom is -0.373 e. The quantitative estimate of drug-likeness (QED) is 0.892. The van der Waals surface area contributed by atoms with E-state index >= 15 is 0 Å². The molecule has 0 aliphatic rings. The Hall–Kier alpha value is -1.42. The number of hydrogen-bond acceptors (Lipinski definition) is 4. The zero-order chi connectivity index (χ0) is 13.3. The molecule has 0 saturated carbocycles. The van der Waals surface area contributed by atoms with E-state index in [9.17, 15) is 0 Å². The summed E-state index contributed by atoms with van der Waals surface area (Å²) < 4.78 is 0. The summed E-state index contributed by atoms with van der Waals surface area (Å²) in [4.78, 5) is 10.5. The molecule has 3 nitrogen and oxygen atoms in total. The Morgan fingerprint density at radius 1 is 1.17 bits per heavy atom. The van der Waals surface area contributed by atoms with E-state index in [0.717, 1.165) is 17.3 Å². The predicted octanol–water partition coefficient (Wildman–Crippen LogP) is 3.85. The first-order chi connectivity index (χ1) is 8.40. The highest BCUT2D eigenvalue weighted by molar-refractivity contribution is 7.10. The molecule has 0 radical (unpaired) electrons. The molecule has 0 aromatic carbocycles. The fraction of sp³-hybridized carbons (Fsp3) is 0.429. The van der Waals surface area contributed by atoms with Crippen LogP contribution in [0.1, 0.15) is 31.5 Å². The Bertz CT molecular complexity index is 552. The molecular formula is C14H19N3S. The number of rotatable bonds is 2. The maximum Gasteiger partial charge on any atom is 0.136 e. The van der Waals surface area contributed by atoms with Crippen LogP contribution < -0.4 is 5.32 Å². The normalized spacial score (nSPS) is 11.6. The van der Waals surface area contributed by atoms with Gasteiger partial charge in [-0.05, 0) is 13.0 Å². The number of aromatic nitrogens is 2. The van der Waals surface area contributed by atoms with Crippen LogP contribution >= 0.6 is 11.3 Å². The van der Waals surface area contributed by atoms with Crippen molar-refractivity contribution in [3.05, 3.63) is 28.2 Å². The zero-order valence-electron chi connectivity index (χ0n) is 11.5. The van der Waals surface area contributed by atoms with Gasteiger partial charge >= 0.3 is 0 Å². The van der Waals surface area contributed by atoms with Gasteiger partial charge < -0.3 is 5.32 Å². The van der Waals surface area contributed by atoms with Crippen LogP contribution in [0.25, 0.3) is 11.3 Å². The zero-order valence-corrected chi connectivity index (χ0v) is 12.4. The second-order valence-electron chi connectivity index (χ2n) is 5.41. The molecule has 2 heterocycles. The Kier molecular flexibility index (Phi) is 3.39. The minimum absolute atomic E-state index is 0.0489. The summed E-state index contributed by atoms with van der Waals surface area (Å²) in [6.07, 6.45) is 0. The van der Waals surface area contributed by atoms with Crippen LogP contribution in [0.15, 0.2) is 17.5 Å². The lowest BCUT2D eigenvalue weighted by atomic mass is 9.95. The number of thiophene rings is 1. The van der Waals surface area contributed by atoms with Gasteiger partial charge in [-0.2, -0.15) is 0 Å². The summed E-state index contributed by atoms with van der Waals surface area (Å²) in [5.74, 6) is 1.74. The van der Waals surface area contributed by atoms with Gasteiger partial charge in [-0.25, -0.2) is 9.97 Å². The smallest absolute Gasteiger partial charge is 0.136 e. The maximum atomic E-state index is 4.69. The number of hydrogen-bond donors (Lipinski definition) is 1. The van der Waals surface area contributed by atoms with E-state index in [2.05, 4.69) is 49.4 Å². The van der Waals surface area contributed by atoms with Crippen molar-refractivity contribution in [3.8, 4) is 11.3 Å². The van der Waals surface area contributed by atoms with Crippen molar-refractivity contribution in [2.24, 2.45) is 0 Å². The van der Waals surface area contributed by atoms with Gasteiger partial charge in [0, 0.05) is 34.3 Å². The second-order valence-corrected chi connectivity index (χ2v) is 6.52. The fourth-order valence-electron chi connectivity index (χ4n) is 1.64. The monoisotopic (exact) mass is 261 g/mol. The van der Waals surface area contributed by atoms with Crippen molar-refractivity contribution in [2.75, 3.05) is 12.4 Å². The Balaban J connectivity index is 2.54. The molecule has 4 heteroatoms. The van der Waals surface area contributed by atoms with Crippen LogP contribution in [0, 0.1) is 6.92 Å². The average Bonchev–Trinajstić information content (AvgIpc) is 2.74. The van der Waals surface area contributed by atoms with E-state index in [4.69, 9.17) is 4.98 Å². The van der Waals surface area contributed by atoms with Gasteiger partial charge in [0.2, 0.25) is 0 Å². The van der Waals surface area contributed by atoms with Gasteiger partial charge in [0.1, 0.15) is 11.6 Å². The molecule has 0 aliphatic carbocycles. The molecule has 1 N–H and O–H groups in total. The minimum atomic E-state index is -0.0489. The van der Waals surface area contributed by atoms with E-state index in [1.54, 1.807) is 11.3 Å². The van der Waals surface area contributed by atoms with Gasteiger partial charge in [-0.15, -0.1) is 11.3 Å². The third kappa shape index (κ3) is 2.70. The van der Waals surface area contributed by atoms with Crippen molar-refractivity contribution in [1.29, 1.82) is 0 Å². The van der Waals surface area contributed by atoms with E-state index in [1.165, 1.54) is 10.4 Å². The molecule has 0 amide bonds. The third-order valence-electron chi connectivity index (χ3n) is 2.68. The highest BCUT2D eigenvalue weighted by Gasteiger charge is 2.19. The Labute approximate surface area is 112 Å². The molecule has 0 spiro atoms. The molecule has 0 fully saturated rings. The molecule has 2 aromatic heterocycles. The van der Waals surface area contributed by atoms with Crippen LogP contribution in [0.4, 0.5) is 5.82 Å². The molecule has 0 saturated heterocycles. The van der Waals surface area contributed by atoms with Crippen molar-refractivity contribution in [1.82, 2.24) is 9.97 Å². The summed E-state index contributed by atoms with van der Waals surface area (Å²) in [5, 5.41) is 5.25. The van der Waals surface area contributed by atoms with Gasteiger partial charge in [-0.3, -0.25) is 0 Å². The van der Waals surface area contributed by atoms with E-state index in [0.29, 0.717) is 0 Å². The Morgan fingerprint density at radius 3 is 2.39 bits per heavy atom. The number of anilines is 1. The molecular weight excluding hydrogens is 242 g/mol. The molecule has 96 valence electrons. The number of aryl methyl sites for hydroxylation is 1. The van der Waals surface area contributed by atoms with E-state index < -0.39 is 0 Å². The summed E-state index contributed by atoms with van der Waals surface area (Å²) in [5.41, 5.74) is 2.11. The molecule has 18 heavy (non-hydrogen) atoms. The van der Waals surface area contributed by atoms with Crippen LogP contribution in [0.5, 0.6) is 0 Å². The van der Waals surface area contributed by atoms with Crippen molar-refractivity contribution >= 4 is 17.2 Å². The second kappa shape index (κ2) is 4.69. The first-order valence-electron chi connectivity index (χ1n) is 6.03. The van der Waals surface area contributed by atoms with Crippen LogP contribution in [-0.2, 0) is 5.41 Å². The van der Waals surface area contributed by atoms with E-state index in [-0.39, 0.29) is 5.41 Å². The summed E-state index contributed by atoms with van der Waals surface area (Å²) in [6, 6.07) is 4.16. The first kappa shape index (κ1) is 13.0. The predicted molar refractivity (Wildman–Crippen MR) is 78.3 cm³/mol. The van der Waals surface area contributed by atoms with Crippen molar-refractivity contribution in [3.63, 3.8) is 0 Å². The highest BCUT2D eigenvalue weighted by atomic mass is 32.1. The molecule has 0 bridgehead atoms. The van der Waals surface area contributed by atoms with Crippen molar-refractivity contribution in [2.45, 2.75) is 33.1 Å². The third-order valence-corrected chi connectivity index (χ3v) is 3.54. The first-order valence-corrected chi connectivity index (χ1v) is 6.91. The summed E-state index contributed by atoms with van der Waals surface area (Å²) >= 11 is 1.75. The highest BCUT2D eigenvalue weighted by Crippen LogP contribution is 2.28. The van der Waals surface area contributed by atoms with Gasteiger partial charge in [0.05, 0.1) is 5.69 Å². The SMILES string of the molecule is CNc1cc(-c2csc(C)c2)nc(C(C)(C)C)n1. The van der Waals surface area contributed by atoms with E-state index in [1.807, 2.05) is 13.1 Å². The molecule has 0 atom stereocenters. The fourth-order valence-corrected chi connectivity index (χ4v) is 2.33. The standard InChI is InChI=1S/C14H19N3S/c1-9-6-10(8-18-9)11-7-12(15-5)17-13(16-11)14(2,3)4/h6-8H,1-5H3,(H,15,16,17). The van der Waals surface area contributed by atoms with Gasteiger partial charge in [0.15, 0.2) is 0 Å². The lowest BCUT2D eigenvalue weighted by molar-refractivity contribution is 0.547. The molecule has 0 aliphatic heterocycles. The van der Waals surface area contributed by atoms with Crippen molar-refractivity contribution < 1.29 is 0 Å². The Morgan fingerprint density at radius 2 is 1.89 bits per heavy atom. The van der Waals surface area contributed by atoms with Crippen LogP contribution in [0.3, 0.4) is 0 Å². The molecule has 2 aromatic rings. The number of nitrogens with one attached hydrogen (secondary N) is 1. The molecule has 0 unspecified atom stereocenters. The van der Waals surface area contributed by atoms with Gasteiger partial charge in [0.25, 0.3) is 0 Å². The topological polar surface area (TPSA) is 37.8 Å². The van der Waals surface area contributed by atoms with Gasteiger partial charge in [-0.1, -0.05) is 20.8 Å². The summed E-state index contributed by atoms with van der Waals surface area (Å²) in [7, 11) is 1.89. The lowest BCUT2D eigenvalue weighted by Gasteiger charge is -2.18.